The van der Waals surface area contributed by atoms with Crippen molar-refractivity contribution in [2.45, 2.75) is 52.4 Å². The molecule has 19 heavy (non-hydrogen) atoms. The van der Waals surface area contributed by atoms with Gasteiger partial charge in [-0.05, 0) is 27.5 Å². The minimum absolute atomic E-state index is 0.202. The van der Waals surface area contributed by atoms with E-state index in [4.69, 9.17) is 4.52 Å². The summed E-state index contributed by atoms with van der Waals surface area (Å²) in [7, 11) is -2.96. The molecule has 0 radical (unpaired) electrons. The van der Waals surface area contributed by atoms with Gasteiger partial charge in [0.25, 0.3) is 0 Å². The van der Waals surface area contributed by atoms with Crippen LogP contribution in [0.4, 0.5) is 0 Å². The molecular formula is C14H21O4P. The molecule has 0 bridgehead atoms. The van der Waals surface area contributed by atoms with E-state index in [2.05, 4.69) is 0 Å². The topological polar surface area (TPSA) is 69.6 Å². The lowest BCUT2D eigenvalue weighted by atomic mass is 9.79. The SMILES string of the molecule is CC(C)(C)c1cc(O[P+](=O)[O-])cc(C(C)(C)C)c1O. The molecule has 0 amide bonds. The van der Waals surface area contributed by atoms with Gasteiger partial charge in [-0.2, -0.15) is 0 Å². The van der Waals surface area contributed by atoms with E-state index >= 15 is 0 Å². The maximum atomic E-state index is 10.7. The number of rotatable bonds is 2. The highest BCUT2D eigenvalue weighted by molar-refractivity contribution is 7.31. The zero-order valence-corrected chi connectivity index (χ0v) is 13.2. The molecule has 0 aliphatic carbocycles. The first-order valence-electron chi connectivity index (χ1n) is 6.13. The van der Waals surface area contributed by atoms with Gasteiger partial charge in [0.15, 0.2) is 5.75 Å². The van der Waals surface area contributed by atoms with Gasteiger partial charge in [-0.25, -0.2) is 0 Å². The van der Waals surface area contributed by atoms with Crippen molar-refractivity contribution in [3.05, 3.63) is 23.3 Å². The summed E-state index contributed by atoms with van der Waals surface area (Å²) in [6, 6.07) is 3.16. The van der Waals surface area contributed by atoms with Crippen LogP contribution in [0.2, 0.25) is 0 Å². The second kappa shape index (κ2) is 5.10. The maximum Gasteiger partial charge on any atom is 0.539 e. The van der Waals surface area contributed by atoms with Gasteiger partial charge in [-0.1, -0.05) is 41.5 Å². The Balaban J connectivity index is 3.52. The first-order chi connectivity index (χ1) is 8.43. The molecule has 0 aliphatic heterocycles. The van der Waals surface area contributed by atoms with Crippen LogP contribution in [0.3, 0.4) is 0 Å². The van der Waals surface area contributed by atoms with Gasteiger partial charge in [0.1, 0.15) is 5.75 Å². The predicted molar refractivity (Wildman–Crippen MR) is 73.7 cm³/mol. The highest BCUT2D eigenvalue weighted by Crippen LogP contribution is 2.42. The second-order valence-electron chi connectivity index (χ2n) is 6.68. The average Bonchev–Trinajstić information content (AvgIpc) is 2.16. The second-order valence-corrected chi connectivity index (χ2v) is 7.31. The fourth-order valence-corrected chi connectivity index (χ4v) is 2.17. The van der Waals surface area contributed by atoms with Gasteiger partial charge in [-0.15, -0.1) is 0 Å². The number of phenols is 1. The van der Waals surface area contributed by atoms with Gasteiger partial charge < -0.3 is 10.00 Å². The fourth-order valence-electron chi connectivity index (χ4n) is 1.89. The molecule has 1 aromatic carbocycles. The van der Waals surface area contributed by atoms with Crippen molar-refractivity contribution < 1.29 is 19.1 Å². The molecule has 1 rings (SSSR count). The van der Waals surface area contributed by atoms with Crippen LogP contribution in [-0.2, 0) is 15.4 Å². The number of benzene rings is 1. The van der Waals surface area contributed by atoms with Crippen LogP contribution in [0.5, 0.6) is 11.5 Å². The molecule has 0 saturated heterocycles. The molecule has 0 heterocycles. The van der Waals surface area contributed by atoms with Gasteiger partial charge in [0.2, 0.25) is 0 Å². The number of hydrogen-bond donors (Lipinski definition) is 1. The summed E-state index contributed by atoms with van der Waals surface area (Å²) in [5.41, 5.74) is 0.731. The molecule has 1 N–H and O–H groups in total. The smallest absolute Gasteiger partial charge is 0.539 e. The van der Waals surface area contributed by atoms with Crippen LogP contribution < -0.4 is 9.42 Å². The summed E-state index contributed by atoms with van der Waals surface area (Å²) in [6.45, 7) is 11.7. The summed E-state index contributed by atoms with van der Waals surface area (Å²) < 4.78 is 15.5. The van der Waals surface area contributed by atoms with E-state index in [1.54, 1.807) is 12.1 Å². The Morgan fingerprint density at radius 1 is 1.05 bits per heavy atom. The van der Waals surface area contributed by atoms with Gasteiger partial charge in [0, 0.05) is 11.1 Å². The van der Waals surface area contributed by atoms with E-state index in [9.17, 15) is 14.6 Å². The highest BCUT2D eigenvalue weighted by Gasteiger charge is 2.28. The summed E-state index contributed by atoms with van der Waals surface area (Å²) in [5, 5.41) is 10.4. The Kier molecular flexibility index (Phi) is 4.28. The fraction of sp³-hybridized carbons (Fsp3) is 0.571. The normalized spacial score (nSPS) is 13.3. The van der Waals surface area contributed by atoms with Crippen molar-refractivity contribution in [3.8, 4) is 11.5 Å². The molecule has 0 saturated carbocycles. The van der Waals surface area contributed by atoms with Gasteiger partial charge in [0.05, 0.1) is 0 Å². The average molecular weight is 284 g/mol. The maximum absolute atomic E-state index is 10.7. The van der Waals surface area contributed by atoms with Gasteiger partial charge in [-0.3, -0.25) is 4.52 Å². The van der Waals surface area contributed by atoms with E-state index in [1.165, 1.54) is 0 Å². The van der Waals surface area contributed by atoms with Crippen LogP contribution >= 0.6 is 8.25 Å². The molecule has 0 aliphatic rings. The predicted octanol–water partition coefficient (Wildman–Crippen LogP) is 3.38. The van der Waals surface area contributed by atoms with Crippen LogP contribution in [0.25, 0.3) is 0 Å². The molecule has 0 aromatic heterocycles. The van der Waals surface area contributed by atoms with Crippen LogP contribution in [0.15, 0.2) is 12.1 Å². The third-order valence-electron chi connectivity index (χ3n) is 2.88. The van der Waals surface area contributed by atoms with E-state index in [0.717, 1.165) is 0 Å². The lowest BCUT2D eigenvalue weighted by Crippen LogP contribution is -2.17. The number of phenolic OH excluding ortho intramolecular Hbond substituents is 1. The van der Waals surface area contributed by atoms with Crippen molar-refractivity contribution >= 4 is 8.25 Å². The third-order valence-corrected chi connectivity index (χ3v) is 3.24. The monoisotopic (exact) mass is 284 g/mol. The van der Waals surface area contributed by atoms with Crippen LogP contribution in [0, 0.1) is 0 Å². The van der Waals surface area contributed by atoms with Crippen molar-refractivity contribution in [1.82, 2.24) is 0 Å². The lowest BCUT2D eigenvalue weighted by molar-refractivity contribution is -0.178. The Morgan fingerprint density at radius 2 is 1.42 bits per heavy atom. The molecule has 0 spiro atoms. The van der Waals surface area contributed by atoms with Gasteiger partial charge >= 0.3 is 8.25 Å². The molecule has 0 fully saturated rings. The Bertz CT molecular complexity index is 460. The zero-order valence-electron chi connectivity index (χ0n) is 12.3. The Labute approximate surface area is 115 Å². The summed E-state index contributed by atoms with van der Waals surface area (Å²) in [4.78, 5) is 10.7. The van der Waals surface area contributed by atoms with E-state index in [-0.39, 0.29) is 22.3 Å². The molecule has 4 nitrogen and oxygen atoms in total. The largest absolute Gasteiger partial charge is 0.558 e. The third kappa shape index (κ3) is 3.92. The Hall–Kier alpha value is -1.12. The van der Waals surface area contributed by atoms with Crippen molar-refractivity contribution in [3.63, 3.8) is 0 Å². The first kappa shape index (κ1) is 15.9. The quantitative estimate of drug-likeness (QED) is 0.845. The molecule has 1 atom stereocenters. The van der Waals surface area contributed by atoms with Crippen molar-refractivity contribution in [2.24, 2.45) is 0 Å². The molecule has 1 aromatic rings. The van der Waals surface area contributed by atoms with Crippen molar-refractivity contribution in [2.75, 3.05) is 0 Å². The summed E-state index contributed by atoms with van der Waals surface area (Å²) in [6.07, 6.45) is 0. The minimum atomic E-state index is -2.96. The van der Waals surface area contributed by atoms with Crippen LogP contribution in [0.1, 0.15) is 52.7 Å². The summed E-state index contributed by atoms with van der Waals surface area (Å²) in [5.74, 6) is 0.442. The van der Waals surface area contributed by atoms with Crippen molar-refractivity contribution in [1.29, 1.82) is 0 Å². The Morgan fingerprint density at radius 3 is 1.68 bits per heavy atom. The lowest BCUT2D eigenvalue weighted by Gasteiger charge is -2.27. The minimum Gasteiger partial charge on any atom is -0.558 e. The van der Waals surface area contributed by atoms with E-state index < -0.39 is 8.25 Å². The molecular weight excluding hydrogens is 263 g/mol. The summed E-state index contributed by atoms with van der Waals surface area (Å²) >= 11 is 0. The highest BCUT2D eigenvalue weighted by atomic mass is 31.1. The van der Waals surface area contributed by atoms with E-state index in [0.29, 0.717) is 11.1 Å². The zero-order chi connectivity index (χ0) is 15.0. The first-order valence-corrected chi connectivity index (χ1v) is 7.23. The van der Waals surface area contributed by atoms with Crippen LogP contribution in [-0.4, -0.2) is 5.11 Å². The van der Waals surface area contributed by atoms with E-state index in [1.807, 2.05) is 41.5 Å². The molecule has 1 unspecified atom stereocenters. The molecule has 5 heteroatoms. The number of aromatic hydroxyl groups is 1. The number of hydrogen-bond acceptors (Lipinski definition) is 4. The standard InChI is InChI=1S/C14H21O4P/c1-13(2,3)10-7-9(18-19(16)17)8-11(12(10)15)14(4,5)6/h7-8,15H,1-6H3. The molecule has 106 valence electrons.